The number of nitro groups is 1. The SMILES string of the molecule is CC(C)C(NCc1ccc([N+](=O)[O-])o1)C(N)=O. The summed E-state index contributed by atoms with van der Waals surface area (Å²) in [5.74, 6) is -0.343. The van der Waals surface area contributed by atoms with Crippen LogP contribution in [0.2, 0.25) is 0 Å². The van der Waals surface area contributed by atoms with E-state index in [2.05, 4.69) is 5.32 Å². The Morgan fingerprint density at radius 2 is 2.24 bits per heavy atom. The molecule has 0 spiro atoms. The van der Waals surface area contributed by atoms with Gasteiger partial charge in [0.25, 0.3) is 0 Å². The monoisotopic (exact) mass is 241 g/mol. The first kappa shape index (κ1) is 13.2. The lowest BCUT2D eigenvalue weighted by Crippen LogP contribution is -2.44. The van der Waals surface area contributed by atoms with Crippen LogP contribution in [0.15, 0.2) is 16.5 Å². The molecule has 0 saturated carbocycles. The molecule has 0 bridgehead atoms. The molecule has 0 aromatic carbocycles. The molecular weight excluding hydrogens is 226 g/mol. The summed E-state index contributed by atoms with van der Waals surface area (Å²) in [6.45, 7) is 3.93. The van der Waals surface area contributed by atoms with E-state index in [4.69, 9.17) is 10.2 Å². The van der Waals surface area contributed by atoms with Crippen LogP contribution in [0.4, 0.5) is 5.88 Å². The summed E-state index contributed by atoms with van der Waals surface area (Å²) in [6, 6.07) is 2.27. The number of amides is 1. The number of furan rings is 1. The summed E-state index contributed by atoms with van der Waals surface area (Å²) < 4.78 is 4.94. The third kappa shape index (κ3) is 3.56. The first-order valence-corrected chi connectivity index (χ1v) is 5.17. The van der Waals surface area contributed by atoms with Crippen LogP contribution in [0, 0.1) is 16.0 Å². The second kappa shape index (κ2) is 5.44. The van der Waals surface area contributed by atoms with Gasteiger partial charge in [-0.05, 0) is 12.0 Å². The zero-order chi connectivity index (χ0) is 13.0. The van der Waals surface area contributed by atoms with E-state index in [1.807, 2.05) is 13.8 Å². The molecule has 17 heavy (non-hydrogen) atoms. The van der Waals surface area contributed by atoms with Crippen molar-refractivity contribution < 1.29 is 14.1 Å². The lowest BCUT2D eigenvalue weighted by atomic mass is 10.0. The standard InChI is InChI=1S/C10H15N3O4/c1-6(2)9(10(11)14)12-5-7-3-4-8(17-7)13(15)16/h3-4,6,9,12H,5H2,1-2H3,(H2,11,14). The van der Waals surface area contributed by atoms with Gasteiger partial charge < -0.3 is 10.2 Å². The van der Waals surface area contributed by atoms with Crippen LogP contribution in [0.5, 0.6) is 0 Å². The average Bonchev–Trinajstić information content (AvgIpc) is 2.65. The van der Waals surface area contributed by atoms with Crippen LogP contribution in [0.25, 0.3) is 0 Å². The van der Waals surface area contributed by atoms with Gasteiger partial charge in [-0.25, -0.2) is 0 Å². The Labute approximate surface area is 98.1 Å². The fraction of sp³-hybridized carbons (Fsp3) is 0.500. The highest BCUT2D eigenvalue weighted by molar-refractivity contribution is 5.80. The minimum absolute atomic E-state index is 0.0393. The molecule has 0 saturated heterocycles. The number of hydrogen-bond donors (Lipinski definition) is 2. The molecule has 1 rings (SSSR count). The van der Waals surface area contributed by atoms with Crippen LogP contribution in [0.1, 0.15) is 19.6 Å². The molecule has 1 aromatic rings. The highest BCUT2D eigenvalue weighted by atomic mass is 16.6. The smallest absolute Gasteiger partial charge is 0.404 e. The molecule has 0 fully saturated rings. The highest BCUT2D eigenvalue weighted by Crippen LogP contribution is 2.15. The molecule has 0 radical (unpaired) electrons. The normalized spacial score (nSPS) is 12.6. The first-order valence-electron chi connectivity index (χ1n) is 5.17. The van der Waals surface area contributed by atoms with Crippen LogP contribution in [-0.4, -0.2) is 16.9 Å². The number of rotatable bonds is 6. The zero-order valence-electron chi connectivity index (χ0n) is 9.67. The third-order valence-electron chi connectivity index (χ3n) is 2.30. The average molecular weight is 241 g/mol. The summed E-state index contributed by atoms with van der Waals surface area (Å²) in [6.07, 6.45) is 0. The molecule has 1 unspecified atom stereocenters. The number of nitrogens with one attached hydrogen (secondary N) is 1. The summed E-state index contributed by atoms with van der Waals surface area (Å²) in [5, 5.41) is 13.3. The molecule has 1 amide bonds. The van der Waals surface area contributed by atoms with Crippen LogP contribution < -0.4 is 11.1 Å². The number of nitrogens with two attached hydrogens (primary N) is 1. The van der Waals surface area contributed by atoms with Gasteiger partial charge in [-0.2, -0.15) is 0 Å². The van der Waals surface area contributed by atoms with E-state index in [1.165, 1.54) is 12.1 Å². The summed E-state index contributed by atoms with van der Waals surface area (Å²) in [5.41, 5.74) is 5.21. The summed E-state index contributed by atoms with van der Waals surface area (Å²) in [4.78, 5) is 20.9. The lowest BCUT2D eigenvalue weighted by Gasteiger charge is -2.17. The van der Waals surface area contributed by atoms with Gasteiger partial charge in [0, 0.05) is 0 Å². The Kier molecular flexibility index (Phi) is 4.22. The fourth-order valence-corrected chi connectivity index (χ4v) is 1.44. The largest absolute Gasteiger partial charge is 0.433 e. The van der Waals surface area contributed by atoms with Crippen molar-refractivity contribution in [1.29, 1.82) is 0 Å². The van der Waals surface area contributed by atoms with Crippen molar-refractivity contribution in [2.75, 3.05) is 0 Å². The van der Waals surface area contributed by atoms with Gasteiger partial charge in [0.1, 0.15) is 10.7 Å². The predicted molar refractivity (Wildman–Crippen MR) is 60.0 cm³/mol. The molecule has 3 N–H and O–H groups in total. The maximum atomic E-state index is 11.1. The minimum Gasteiger partial charge on any atom is -0.404 e. The quantitative estimate of drug-likeness (QED) is 0.564. The second-order valence-corrected chi connectivity index (χ2v) is 4.00. The van der Waals surface area contributed by atoms with Gasteiger partial charge >= 0.3 is 5.88 Å². The van der Waals surface area contributed by atoms with Crippen LogP contribution >= 0.6 is 0 Å². The Morgan fingerprint density at radius 1 is 1.59 bits per heavy atom. The molecule has 0 aliphatic heterocycles. The number of carbonyl (C=O) groups is 1. The van der Waals surface area contributed by atoms with Gasteiger partial charge in [-0.1, -0.05) is 13.8 Å². The fourth-order valence-electron chi connectivity index (χ4n) is 1.44. The summed E-state index contributed by atoms with van der Waals surface area (Å²) in [7, 11) is 0. The Balaban J connectivity index is 2.59. The van der Waals surface area contributed by atoms with Crippen molar-refractivity contribution in [2.24, 2.45) is 11.7 Å². The topological polar surface area (TPSA) is 111 Å². The molecule has 1 atom stereocenters. The predicted octanol–water partition coefficient (Wildman–Crippen LogP) is 0.787. The Morgan fingerprint density at radius 3 is 2.65 bits per heavy atom. The zero-order valence-corrected chi connectivity index (χ0v) is 9.67. The van der Waals surface area contributed by atoms with Crippen LogP contribution in [0.3, 0.4) is 0 Å². The van der Waals surface area contributed by atoms with Gasteiger partial charge in [0.2, 0.25) is 5.91 Å². The molecule has 1 aromatic heterocycles. The molecule has 1 heterocycles. The maximum absolute atomic E-state index is 11.1. The molecule has 7 heteroatoms. The van der Waals surface area contributed by atoms with E-state index in [0.717, 1.165) is 0 Å². The van der Waals surface area contributed by atoms with Crippen molar-refractivity contribution in [3.63, 3.8) is 0 Å². The molecule has 0 aliphatic rings. The minimum atomic E-state index is -0.614. The lowest BCUT2D eigenvalue weighted by molar-refractivity contribution is -0.402. The van der Waals surface area contributed by atoms with E-state index < -0.39 is 16.9 Å². The molecule has 7 nitrogen and oxygen atoms in total. The molecule has 94 valence electrons. The highest BCUT2D eigenvalue weighted by Gasteiger charge is 2.19. The second-order valence-electron chi connectivity index (χ2n) is 4.00. The van der Waals surface area contributed by atoms with E-state index >= 15 is 0 Å². The van der Waals surface area contributed by atoms with Gasteiger partial charge in [0.05, 0.1) is 18.7 Å². The van der Waals surface area contributed by atoms with E-state index in [9.17, 15) is 14.9 Å². The number of nitrogens with zero attached hydrogens (tertiary/aromatic N) is 1. The third-order valence-corrected chi connectivity index (χ3v) is 2.30. The van der Waals surface area contributed by atoms with Crippen molar-refractivity contribution >= 4 is 11.8 Å². The molecule has 0 aliphatic carbocycles. The number of carbonyl (C=O) groups excluding carboxylic acids is 1. The van der Waals surface area contributed by atoms with E-state index in [1.54, 1.807) is 0 Å². The van der Waals surface area contributed by atoms with Gasteiger partial charge in [-0.3, -0.25) is 20.2 Å². The summed E-state index contributed by atoms with van der Waals surface area (Å²) >= 11 is 0. The van der Waals surface area contributed by atoms with Crippen molar-refractivity contribution in [3.05, 3.63) is 28.0 Å². The Bertz CT molecular complexity index is 413. The van der Waals surface area contributed by atoms with Crippen molar-refractivity contribution in [3.8, 4) is 0 Å². The maximum Gasteiger partial charge on any atom is 0.433 e. The first-order chi connectivity index (χ1) is 7.91. The van der Waals surface area contributed by atoms with E-state index in [-0.39, 0.29) is 18.3 Å². The number of primary amides is 1. The van der Waals surface area contributed by atoms with E-state index in [0.29, 0.717) is 5.76 Å². The molecular formula is C10H15N3O4. The number of hydrogen-bond acceptors (Lipinski definition) is 5. The van der Waals surface area contributed by atoms with Gasteiger partial charge in [0.15, 0.2) is 0 Å². The van der Waals surface area contributed by atoms with Gasteiger partial charge in [-0.15, -0.1) is 0 Å². The Hall–Kier alpha value is -1.89. The van der Waals surface area contributed by atoms with Crippen molar-refractivity contribution in [1.82, 2.24) is 5.32 Å². The van der Waals surface area contributed by atoms with Crippen molar-refractivity contribution in [2.45, 2.75) is 26.4 Å². The van der Waals surface area contributed by atoms with Crippen LogP contribution in [-0.2, 0) is 11.3 Å².